The van der Waals surface area contributed by atoms with Crippen LogP contribution in [-0.4, -0.2) is 41.8 Å². The molecule has 0 aliphatic heterocycles. The van der Waals surface area contributed by atoms with Crippen molar-refractivity contribution in [3.8, 4) is 11.1 Å². The Bertz CT molecular complexity index is 1060. The molecule has 0 spiro atoms. The molecule has 0 saturated heterocycles. The van der Waals surface area contributed by atoms with Crippen LogP contribution in [0.25, 0.3) is 11.1 Å². The van der Waals surface area contributed by atoms with Crippen LogP contribution >= 0.6 is 0 Å². The van der Waals surface area contributed by atoms with Gasteiger partial charge in [-0.2, -0.15) is 0 Å². The maximum atomic E-state index is 12.6. The van der Waals surface area contributed by atoms with Gasteiger partial charge in [-0.05, 0) is 47.9 Å². The van der Waals surface area contributed by atoms with Crippen molar-refractivity contribution in [3.05, 3.63) is 59.7 Å². The Morgan fingerprint density at radius 3 is 2.06 bits per heavy atom. The number of amides is 2. The van der Waals surface area contributed by atoms with Crippen molar-refractivity contribution in [1.29, 1.82) is 0 Å². The molecule has 0 bridgehead atoms. The van der Waals surface area contributed by atoms with Gasteiger partial charge in [-0.3, -0.25) is 9.59 Å². The number of hydrogen-bond donors (Lipinski definition) is 3. The van der Waals surface area contributed by atoms with E-state index in [4.69, 9.17) is 4.74 Å². The summed E-state index contributed by atoms with van der Waals surface area (Å²) < 4.78 is 5.61. The monoisotopic (exact) mass is 448 g/mol. The van der Waals surface area contributed by atoms with E-state index in [-0.39, 0.29) is 31.4 Å². The van der Waals surface area contributed by atoms with Gasteiger partial charge in [0.2, 0.25) is 5.91 Å². The van der Waals surface area contributed by atoms with Crippen LogP contribution in [0.15, 0.2) is 48.5 Å². The highest BCUT2D eigenvalue weighted by molar-refractivity contribution is 5.82. The van der Waals surface area contributed by atoms with E-state index < -0.39 is 23.0 Å². The largest absolute Gasteiger partial charge is 0.481 e. The number of carbonyl (C=O) groups is 3. The van der Waals surface area contributed by atoms with Gasteiger partial charge >= 0.3 is 12.1 Å². The van der Waals surface area contributed by atoms with E-state index in [9.17, 15) is 19.5 Å². The van der Waals surface area contributed by atoms with Gasteiger partial charge in [0.1, 0.15) is 6.61 Å². The summed E-state index contributed by atoms with van der Waals surface area (Å²) >= 11 is 0. The summed E-state index contributed by atoms with van der Waals surface area (Å²) in [5.41, 5.74) is 3.21. The molecule has 3 aliphatic rings. The van der Waals surface area contributed by atoms with E-state index in [0.717, 1.165) is 17.5 Å². The van der Waals surface area contributed by atoms with Crippen molar-refractivity contribution in [3.63, 3.8) is 0 Å². The third-order valence-electron chi connectivity index (χ3n) is 7.45. The molecule has 0 atom stereocenters. The van der Waals surface area contributed by atoms with Crippen LogP contribution in [0.1, 0.15) is 55.6 Å². The second-order valence-electron chi connectivity index (χ2n) is 9.62. The van der Waals surface area contributed by atoms with E-state index in [1.807, 2.05) is 24.3 Å². The van der Waals surface area contributed by atoms with Crippen molar-refractivity contribution in [2.24, 2.45) is 5.41 Å². The van der Waals surface area contributed by atoms with E-state index in [0.29, 0.717) is 25.7 Å². The predicted octanol–water partition coefficient (Wildman–Crippen LogP) is 3.82. The average Bonchev–Trinajstić information content (AvgIpc) is 3.43. The van der Waals surface area contributed by atoms with Crippen LogP contribution in [0.3, 0.4) is 0 Å². The zero-order chi connectivity index (χ0) is 23.1. The lowest BCUT2D eigenvalue weighted by atomic mass is 9.69. The Balaban J connectivity index is 1.15. The minimum atomic E-state index is -0.855. The molecule has 0 heterocycles. The lowest BCUT2D eigenvalue weighted by molar-refractivity contribution is -0.154. The Kier molecular flexibility index (Phi) is 5.35. The predicted molar refractivity (Wildman–Crippen MR) is 122 cm³/mol. The minimum absolute atomic E-state index is 0.0173. The number of benzene rings is 2. The quantitative estimate of drug-likeness (QED) is 0.570. The van der Waals surface area contributed by atoms with Crippen LogP contribution in [0.5, 0.6) is 0 Å². The number of nitrogens with one attached hydrogen (secondary N) is 2. The van der Waals surface area contributed by atoms with E-state index in [1.54, 1.807) is 0 Å². The number of alkyl carbamates (subject to hydrolysis) is 1. The van der Waals surface area contributed by atoms with Crippen LogP contribution in [0.4, 0.5) is 4.79 Å². The molecule has 0 radical (unpaired) electrons. The Morgan fingerprint density at radius 1 is 0.939 bits per heavy atom. The summed E-state index contributed by atoms with van der Waals surface area (Å²) in [6.45, 7) is 0.367. The highest BCUT2D eigenvalue weighted by atomic mass is 16.5. The molecule has 2 aromatic carbocycles. The number of ether oxygens (including phenoxy) is 1. The van der Waals surface area contributed by atoms with Crippen molar-refractivity contribution >= 4 is 18.0 Å². The maximum Gasteiger partial charge on any atom is 0.407 e. The van der Waals surface area contributed by atoms with E-state index >= 15 is 0 Å². The number of aliphatic carboxylic acids is 1. The molecule has 0 unspecified atom stereocenters. The molecular weight excluding hydrogens is 420 g/mol. The van der Waals surface area contributed by atoms with Crippen molar-refractivity contribution < 1.29 is 24.2 Å². The molecule has 3 aliphatic carbocycles. The number of rotatable bonds is 8. The molecule has 5 rings (SSSR count). The highest BCUT2D eigenvalue weighted by Crippen LogP contribution is 2.45. The summed E-state index contributed by atoms with van der Waals surface area (Å²) in [5, 5.41) is 15.0. The van der Waals surface area contributed by atoms with Gasteiger partial charge in [0.15, 0.2) is 0 Å². The van der Waals surface area contributed by atoms with Crippen LogP contribution in [0.2, 0.25) is 0 Å². The second-order valence-corrected chi connectivity index (χ2v) is 9.62. The fraction of sp³-hybridized carbons (Fsp3) is 0.423. The Hall–Kier alpha value is -3.35. The first kappa shape index (κ1) is 21.5. The summed E-state index contributed by atoms with van der Waals surface area (Å²) in [7, 11) is 0. The summed E-state index contributed by atoms with van der Waals surface area (Å²) in [5.74, 6) is -1.11. The minimum Gasteiger partial charge on any atom is -0.481 e. The van der Waals surface area contributed by atoms with Gasteiger partial charge in [-0.25, -0.2) is 4.79 Å². The van der Waals surface area contributed by atoms with Crippen molar-refractivity contribution in [2.75, 3.05) is 13.2 Å². The van der Waals surface area contributed by atoms with Crippen molar-refractivity contribution in [2.45, 2.75) is 50.0 Å². The summed E-state index contributed by atoms with van der Waals surface area (Å²) in [6, 6.07) is 16.3. The fourth-order valence-electron chi connectivity index (χ4n) is 5.06. The van der Waals surface area contributed by atoms with Gasteiger partial charge in [-0.15, -0.1) is 0 Å². The van der Waals surface area contributed by atoms with Gasteiger partial charge in [0.25, 0.3) is 0 Å². The van der Waals surface area contributed by atoms with Gasteiger partial charge in [0.05, 0.1) is 11.0 Å². The van der Waals surface area contributed by atoms with Crippen LogP contribution in [0, 0.1) is 5.41 Å². The van der Waals surface area contributed by atoms with Gasteiger partial charge in [0, 0.05) is 18.9 Å². The molecule has 2 fully saturated rings. The molecule has 3 N–H and O–H groups in total. The first-order valence-electron chi connectivity index (χ1n) is 11.5. The Morgan fingerprint density at radius 2 is 1.55 bits per heavy atom. The topological polar surface area (TPSA) is 105 Å². The number of carbonyl (C=O) groups excluding carboxylic acids is 2. The molecule has 2 aromatic rings. The molecule has 2 amide bonds. The number of carboxylic acid groups (broad SMARTS) is 1. The molecule has 33 heavy (non-hydrogen) atoms. The SMILES string of the molecule is O=C(CC1(NC(=O)OCC2c3ccccc3-c3ccccc32)CC1)NCC1(C(=O)O)CCC1. The molecular formula is C26H28N2O5. The van der Waals surface area contributed by atoms with Crippen LogP contribution in [-0.2, 0) is 14.3 Å². The number of hydrogen-bond acceptors (Lipinski definition) is 4. The van der Waals surface area contributed by atoms with Gasteiger partial charge < -0.3 is 20.5 Å². The molecule has 7 heteroatoms. The molecule has 7 nitrogen and oxygen atoms in total. The third-order valence-corrected chi connectivity index (χ3v) is 7.45. The third kappa shape index (κ3) is 4.08. The highest BCUT2D eigenvalue weighted by Gasteiger charge is 2.48. The standard InChI is InChI=1S/C26H28N2O5/c29-22(27-16-25(23(30)31)10-5-11-25)14-26(12-13-26)28-24(32)33-15-21-19-8-3-1-6-17(19)18-7-2-4-9-20(18)21/h1-4,6-9,21H,5,10-16H2,(H,27,29)(H,28,32)(H,30,31). The maximum absolute atomic E-state index is 12.6. The lowest BCUT2D eigenvalue weighted by Crippen LogP contribution is -2.49. The lowest BCUT2D eigenvalue weighted by Gasteiger charge is -2.37. The fourth-order valence-corrected chi connectivity index (χ4v) is 5.06. The van der Waals surface area contributed by atoms with E-state index in [2.05, 4.69) is 34.9 Å². The molecule has 0 aromatic heterocycles. The first-order valence-corrected chi connectivity index (χ1v) is 11.5. The van der Waals surface area contributed by atoms with Crippen molar-refractivity contribution in [1.82, 2.24) is 10.6 Å². The number of carboxylic acids is 1. The number of fused-ring (bicyclic) bond motifs is 3. The van der Waals surface area contributed by atoms with Crippen LogP contribution < -0.4 is 10.6 Å². The normalized spacial score (nSPS) is 18.9. The zero-order valence-corrected chi connectivity index (χ0v) is 18.4. The molecule has 172 valence electrons. The first-order chi connectivity index (χ1) is 15.9. The summed E-state index contributed by atoms with van der Waals surface area (Å²) in [6.07, 6.45) is 3.06. The average molecular weight is 449 g/mol. The smallest absolute Gasteiger partial charge is 0.407 e. The summed E-state index contributed by atoms with van der Waals surface area (Å²) in [4.78, 5) is 36.5. The van der Waals surface area contributed by atoms with Gasteiger partial charge in [-0.1, -0.05) is 55.0 Å². The zero-order valence-electron chi connectivity index (χ0n) is 18.4. The Labute approximate surface area is 192 Å². The molecule has 2 saturated carbocycles. The van der Waals surface area contributed by atoms with E-state index in [1.165, 1.54) is 11.1 Å². The second kappa shape index (κ2) is 8.21.